The molecule has 148 valence electrons. The number of methoxy groups -OCH3 is 1. The lowest BCUT2D eigenvalue weighted by Crippen LogP contribution is -2.17. The molecule has 0 bridgehead atoms. The van der Waals surface area contributed by atoms with E-state index >= 15 is 0 Å². The van der Waals surface area contributed by atoms with Crippen LogP contribution in [0.25, 0.3) is 0 Å². The van der Waals surface area contributed by atoms with Crippen molar-refractivity contribution >= 4 is 39.7 Å². The van der Waals surface area contributed by atoms with Gasteiger partial charge in [-0.05, 0) is 53.6 Å². The molecule has 29 heavy (non-hydrogen) atoms. The average Bonchev–Trinajstić information content (AvgIpc) is 2.71. The first-order valence-corrected chi connectivity index (χ1v) is 9.26. The number of benzene rings is 2. The van der Waals surface area contributed by atoms with E-state index in [1.165, 1.54) is 13.3 Å². The molecule has 0 atom stereocenters. The number of halogens is 3. The van der Waals surface area contributed by atoms with Crippen LogP contribution in [0.5, 0.6) is 17.4 Å². The second kappa shape index (κ2) is 9.44. The smallest absolute Gasteiger partial charge is 0.271 e. The van der Waals surface area contributed by atoms with E-state index in [9.17, 15) is 9.18 Å². The van der Waals surface area contributed by atoms with Gasteiger partial charge in [-0.25, -0.2) is 10.4 Å². The lowest BCUT2D eigenvalue weighted by atomic mass is 10.2. The Kier molecular flexibility index (Phi) is 6.73. The zero-order valence-corrected chi connectivity index (χ0v) is 17.2. The molecule has 7 nitrogen and oxygen atoms in total. The predicted octanol–water partition coefficient (Wildman–Crippen LogP) is 4.60. The van der Waals surface area contributed by atoms with Gasteiger partial charge in [0.15, 0.2) is 11.5 Å². The molecule has 3 rings (SSSR count). The van der Waals surface area contributed by atoms with Crippen molar-refractivity contribution in [1.82, 2.24) is 15.4 Å². The molecule has 0 aliphatic heterocycles. The van der Waals surface area contributed by atoms with E-state index in [-0.39, 0.29) is 22.8 Å². The topological polar surface area (TPSA) is 85.7 Å². The van der Waals surface area contributed by atoms with Gasteiger partial charge in [0.05, 0.1) is 19.5 Å². The third-order valence-electron chi connectivity index (χ3n) is 3.54. The summed E-state index contributed by atoms with van der Waals surface area (Å²) in [6, 6.07) is 11.7. The fourth-order valence-corrected chi connectivity index (χ4v) is 2.74. The van der Waals surface area contributed by atoms with Gasteiger partial charge in [-0.1, -0.05) is 22.0 Å². The Bertz CT molecular complexity index is 1080. The van der Waals surface area contributed by atoms with Crippen LogP contribution in [0.1, 0.15) is 15.9 Å². The van der Waals surface area contributed by atoms with Crippen LogP contribution in [-0.2, 0) is 0 Å². The summed E-state index contributed by atoms with van der Waals surface area (Å²) in [6.07, 6.45) is 2.31. The van der Waals surface area contributed by atoms with Crippen molar-refractivity contribution in [3.8, 4) is 17.4 Å². The van der Waals surface area contributed by atoms with Crippen LogP contribution in [0.4, 0.5) is 4.39 Å². The van der Waals surface area contributed by atoms with Gasteiger partial charge in [-0.3, -0.25) is 4.79 Å². The van der Waals surface area contributed by atoms with E-state index in [0.29, 0.717) is 16.9 Å². The van der Waals surface area contributed by atoms with E-state index in [1.807, 2.05) is 6.07 Å². The Morgan fingerprint density at radius 1 is 1.28 bits per heavy atom. The van der Waals surface area contributed by atoms with Gasteiger partial charge >= 0.3 is 0 Å². The van der Waals surface area contributed by atoms with Crippen LogP contribution in [0, 0.1) is 5.82 Å². The second-order valence-electron chi connectivity index (χ2n) is 5.51. The fraction of sp³-hybridized carbons (Fsp3) is 0.0526. The number of hydrogen-bond acceptors (Lipinski definition) is 6. The van der Waals surface area contributed by atoms with Crippen molar-refractivity contribution in [2.45, 2.75) is 0 Å². The quantitative estimate of drug-likeness (QED) is 0.317. The molecule has 0 saturated heterocycles. The number of amides is 1. The van der Waals surface area contributed by atoms with Crippen molar-refractivity contribution < 1.29 is 18.7 Å². The minimum Gasteiger partial charge on any atom is -0.493 e. The highest BCUT2D eigenvalue weighted by molar-refractivity contribution is 9.10. The van der Waals surface area contributed by atoms with Crippen LogP contribution in [0.3, 0.4) is 0 Å². The number of nitrogens with one attached hydrogen (secondary N) is 1. The molecule has 0 spiro atoms. The van der Waals surface area contributed by atoms with Crippen molar-refractivity contribution in [3.63, 3.8) is 0 Å². The number of ether oxygens (including phenoxy) is 2. The highest BCUT2D eigenvalue weighted by Crippen LogP contribution is 2.32. The Hall–Kier alpha value is -3.04. The molecule has 1 heterocycles. The first kappa shape index (κ1) is 20.7. The summed E-state index contributed by atoms with van der Waals surface area (Å²) in [7, 11) is 1.44. The number of hydrogen-bond donors (Lipinski definition) is 1. The Morgan fingerprint density at radius 2 is 2.10 bits per heavy atom. The van der Waals surface area contributed by atoms with Crippen molar-refractivity contribution in [2.24, 2.45) is 5.10 Å². The summed E-state index contributed by atoms with van der Waals surface area (Å²) in [4.78, 5) is 19.3. The third-order valence-corrected chi connectivity index (χ3v) is 4.22. The largest absolute Gasteiger partial charge is 0.493 e. The zero-order chi connectivity index (χ0) is 20.8. The summed E-state index contributed by atoms with van der Waals surface area (Å²) < 4.78 is 25.3. The molecule has 0 fully saturated rings. The Morgan fingerprint density at radius 3 is 2.86 bits per heavy atom. The van der Waals surface area contributed by atoms with Gasteiger partial charge in [0.2, 0.25) is 11.1 Å². The maximum absolute atomic E-state index is 13.8. The SMILES string of the molecule is COc1ccc(/C=N/NC(=O)c2cccc(Br)c2)cc1Oc1nc(Cl)ncc1F. The molecule has 0 radical (unpaired) electrons. The summed E-state index contributed by atoms with van der Waals surface area (Å²) in [5.41, 5.74) is 3.44. The van der Waals surface area contributed by atoms with Gasteiger partial charge in [-0.15, -0.1) is 0 Å². The van der Waals surface area contributed by atoms with Gasteiger partial charge < -0.3 is 9.47 Å². The van der Waals surface area contributed by atoms with Crippen LogP contribution in [0.2, 0.25) is 5.28 Å². The normalized spacial score (nSPS) is 10.8. The highest BCUT2D eigenvalue weighted by atomic mass is 79.9. The summed E-state index contributed by atoms with van der Waals surface area (Å²) in [5, 5.41) is 3.77. The van der Waals surface area contributed by atoms with E-state index in [2.05, 4.69) is 36.4 Å². The maximum Gasteiger partial charge on any atom is 0.271 e. The highest BCUT2D eigenvalue weighted by Gasteiger charge is 2.13. The number of carbonyl (C=O) groups excluding carboxylic acids is 1. The van der Waals surface area contributed by atoms with E-state index in [4.69, 9.17) is 21.1 Å². The standard InChI is InChI=1S/C19H13BrClFN4O3/c1-28-15-6-5-11(7-16(15)29-18-14(22)10-23-19(21)25-18)9-24-26-17(27)12-3-2-4-13(20)8-12/h2-10H,1H3,(H,26,27)/b24-9+. The molecule has 1 amide bonds. The fourth-order valence-electron chi connectivity index (χ4n) is 2.22. The molecule has 3 aromatic rings. The van der Waals surface area contributed by atoms with Crippen molar-refractivity contribution in [1.29, 1.82) is 0 Å². The Balaban J connectivity index is 1.76. The number of aromatic nitrogens is 2. The first-order chi connectivity index (χ1) is 14.0. The maximum atomic E-state index is 13.8. The van der Waals surface area contributed by atoms with Crippen molar-refractivity contribution in [2.75, 3.05) is 7.11 Å². The van der Waals surface area contributed by atoms with E-state index in [0.717, 1.165) is 10.7 Å². The molecular weight excluding hydrogens is 467 g/mol. The third kappa shape index (κ3) is 5.49. The van der Waals surface area contributed by atoms with Crippen LogP contribution in [-0.4, -0.2) is 29.2 Å². The monoisotopic (exact) mass is 478 g/mol. The number of hydrazone groups is 1. The molecule has 1 aromatic heterocycles. The molecule has 10 heteroatoms. The van der Waals surface area contributed by atoms with Crippen LogP contribution < -0.4 is 14.9 Å². The summed E-state index contributed by atoms with van der Waals surface area (Å²) in [6.45, 7) is 0. The zero-order valence-electron chi connectivity index (χ0n) is 14.9. The van der Waals surface area contributed by atoms with Crippen LogP contribution >= 0.6 is 27.5 Å². The van der Waals surface area contributed by atoms with Gasteiger partial charge in [0.1, 0.15) is 0 Å². The van der Waals surface area contributed by atoms with E-state index in [1.54, 1.807) is 36.4 Å². The summed E-state index contributed by atoms with van der Waals surface area (Å²) in [5.74, 6) is -0.972. The van der Waals surface area contributed by atoms with Crippen LogP contribution in [0.15, 0.2) is 58.2 Å². The summed E-state index contributed by atoms with van der Waals surface area (Å²) >= 11 is 8.99. The van der Waals surface area contributed by atoms with Gasteiger partial charge in [0, 0.05) is 10.0 Å². The molecule has 0 aliphatic rings. The van der Waals surface area contributed by atoms with Gasteiger partial charge in [0.25, 0.3) is 11.8 Å². The molecule has 0 saturated carbocycles. The molecular formula is C19H13BrClFN4O3. The lowest BCUT2D eigenvalue weighted by Gasteiger charge is -2.10. The minimum atomic E-state index is -0.781. The second-order valence-corrected chi connectivity index (χ2v) is 6.77. The molecule has 1 N–H and O–H groups in total. The molecule has 0 unspecified atom stereocenters. The number of rotatable bonds is 6. The van der Waals surface area contributed by atoms with E-state index < -0.39 is 5.82 Å². The minimum absolute atomic E-state index is 0.159. The first-order valence-electron chi connectivity index (χ1n) is 8.09. The molecule has 0 aliphatic carbocycles. The van der Waals surface area contributed by atoms with Gasteiger partial charge in [-0.2, -0.15) is 14.5 Å². The number of nitrogens with zero attached hydrogens (tertiary/aromatic N) is 3. The Labute approximate surface area is 178 Å². The number of carbonyl (C=O) groups is 1. The lowest BCUT2D eigenvalue weighted by molar-refractivity contribution is 0.0955. The predicted molar refractivity (Wildman–Crippen MR) is 109 cm³/mol. The van der Waals surface area contributed by atoms with Crippen molar-refractivity contribution in [3.05, 3.63) is 75.4 Å². The average molecular weight is 480 g/mol. The molecule has 2 aromatic carbocycles.